The second-order valence-corrected chi connectivity index (χ2v) is 6.34. The fraction of sp³-hybridized carbons (Fsp3) is 0.588. The van der Waals surface area contributed by atoms with E-state index in [0.717, 1.165) is 4.88 Å². The van der Waals surface area contributed by atoms with Crippen LogP contribution in [0.15, 0.2) is 17.5 Å². The molecule has 0 aromatic carbocycles. The molecule has 138 valence electrons. The van der Waals surface area contributed by atoms with E-state index >= 15 is 0 Å². The first kappa shape index (κ1) is 20.9. The van der Waals surface area contributed by atoms with Crippen molar-refractivity contribution in [2.45, 2.75) is 34.2 Å². The van der Waals surface area contributed by atoms with Crippen LogP contribution in [-0.2, 0) is 20.8 Å². The van der Waals surface area contributed by atoms with Crippen molar-refractivity contribution in [3.63, 3.8) is 0 Å². The standard InChI is InChI=1S/C17H25N3O4S/c1-5-22-7-8-24-16(21)14(9-18)15(12(3)4)19-10-13-11-20-17(25-13)23-6-2/h11-12,19H,5-8,10H2,1-4H3/b15-14-. The molecule has 0 unspecified atom stereocenters. The van der Waals surface area contributed by atoms with Gasteiger partial charge in [-0.15, -0.1) is 0 Å². The molecular weight excluding hydrogens is 342 g/mol. The van der Waals surface area contributed by atoms with Gasteiger partial charge in [0, 0.05) is 23.4 Å². The van der Waals surface area contributed by atoms with E-state index in [9.17, 15) is 10.1 Å². The molecule has 0 bridgehead atoms. The van der Waals surface area contributed by atoms with Crippen LogP contribution in [0.1, 0.15) is 32.6 Å². The van der Waals surface area contributed by atoms with Crippen molar-refractivity contribution >= 4 is 17.3 Å². The van der Waals surface area contributed by atoms with Gasteiger partial charge in [-0.2, -0.15) is 5.26 Å². The number of rotatable bonds is 11. The van der Waals surface area contributed by atoms with Crippen LogP contribution < -0.4 is 10.1 Å². The number of hydrogen-bond acceptors (Lipinski definition) is 8. The minimum atomic E-state index is -0.641. The highest BCUT2D eigenvalue weighted by molar-refractivity contribution is 7.13. The molecule has 0 aliphatic rings. The fourth-order valence-corrected chi connectivity index (χ4v) is 2.71. The molecule has 0 spiro atoms. The van der Waals surface area contributed by atoms with Crippen molar-refractivity contribution < 1.29 is 19.0 Å². The van der Waals surface area contributed by atoms with Gasteiger partial charge in [0.1, 0.15) is 12.7 Å². The molecule has 1 aromatic heterocycles. The number of allylic oxidation sites excluding steroid dienone is 1. The highest BCUT2D eigenvalue weighted by Crippen LogP contribution is 2.21. The summed E-state index contributed by atoms with van der Waals surface area (Å²) in [5.41, 5.74) is 0.538. The Labute approximate surface area is 152 Å². The number of esters is 1. The lowest BCUT2D eigenvalue weighted by Gasteiger charge is -2.15. The number of nitrogens with one attached hydrogen (secondary N) is 1. The number of nitrogens with zero attached hydrogens (tertiary/aromatic N) is 2. The van der Waals surface area contributed by atoms with E-state index in [2.05, 4.69) is 10.3 Å². The molecule has 0 atom stereocenters. The van der Waals surface area contributed by atoms with Crippen molar-refractivity contribution in [2.24, 2.45) is 5.92 Å². The summed E-state index contributed by atoms with van der Waals surface area (Å²) in [6.45, 7) is 9.57. The van der Waals surface area contributed by atoms with Crippen molar-refractivity contribution in [3.8, 4) is 11.3 Å². The van der Waals surface area contributed by atoms with Gasteiger partial charge in [0.2, 0.25) is 0 Å². The van der Waals surface area contributed by atoms with E-state index in [-0.39, 0.29) is 18.1 Å². The number of aromatic nitrogens is 1. The Kier molecular flexibility index (Phi) is 9.58. The number of ether oxygens (including phenoxy) is 3. The van der Waals surface area contributed by atoms with Crippen LogP contribution in [0, 0.1) is 17.2 Å². The molecule has 0 amide bonds. The molecule has 25 heavy (non-hydrogen) atoms. The SMILES string of the molecule is CCOCCOC(=O)/C(C#N)=C(\NCc1cnc(OCC)s1)C(C)C. The van der Waals surface area contributed by atoms with Gasteiger partial charge in [0.05, 0.1) is 19.8 Å². The minimum absolute atomic E-state index is 0.0129. The van der Waals surface area contributed by atoms with Crippen LogP contribution >= 0.6 is 11.3 Å². The molecule has 0 saturated carbocycles. The van der Waals surface area contributed by atoms with Crippen LogP contribution in [0.5, 0.6) is 5.19 Å². The summed E-state index contributed by atoms with van der Waals surface area (Å²) < 4.78 is 15.6. The number of nitriles is 1. The molecule has 1 rings (SSSR count). The van der Waals surface area contributed by atoms with Crippen molar-refractivity contribution in [2.75, 3.05) is 26.4 Å². The van der Waals surface area contributed by atoms with E-state index in [1.54, 1.807) is 6.20 Å². The fourth-order valence-electron chi connectivity index (χ4n) is 1.95. The van der Waals surface area contributed by atoms with Crippen LogP contribution in [0.4, 0.5) is 0 Å². The van der Waals surface area contributed by atoms with Gasteiger partial charge in [-0.05, 0) is 19.8 Å². The van der Waals surface area contributed by atoms with Gasteiger partial charge in [-0.1, -0.05) is 25.2 Å². The molecule has 7 nitrogen and oxygen atoms in total. The van der Waals surface area contributed by atoms with Crippen LogP contribution in [0.2, 0.25) is 0 Å². The predicted octanol–water partition coefficient (Wildman–Crippen LogP) is 2.64. The molecular formula is C17H25N3O4S. The van der Waals surface area contributed by atoms with Crippen LogP contribution in [0.25, 0.3) is 0 Å². The molecule has 1 aromatic rings. The molecule has 1 heterocycles. The summed E-state index contributed by atoms with van der Waals surface area (Å²) in [5, 5.41) is 13.1. The Balaban J connectivity index is 2.77. The van der Waals surface area contributed by atoms with E-state index in [1.165, 1.54) is 11.3 Å². The van der Waals surface area contributed by atoms with Gasteiger partial charge in [-0.3, -0.25) is 0 Å². The van der Waals surface area contributed by atoms with E-state index in [1.807, 2.05) is 33.8 Å². The van der Waals surface area contributed by atoms with Gasteiger partial charge >= 0.3 is 5.97 Å². The average molecular weight is 367 g/mol. The van der Waals surface area contributed by atoms with Crippen molar-refractivity contribution in [1.82, 2.24) is 10.3 Å². The zero-order chi connectivity index (χ0) is 18.7. The topological polar surface area (TPSA) is 93.5 Å². The first-order valence-corrected chi connectivity index (χ1v) is 9.05. The number of carbonyl (C=O) groups excluding carboxylic acids is 1. The van der Waals surface area contributed by atoms with E-state index < -0.39 is 5.97 Å². The number of thiazole rings is 1. The van der Waals surface area contributed by atoms with Gasteiger partial charge in [-0.25, -0.2) is 9.78 Å². The lowest BCUT2D eigenvalue weighted by Crippen LogP contribution is -2.23. The molecule has 0 aliphatic carbocycles. The first-order chi connectivity index (χ1) is 12.0. The Morgan fingerprint density at radius 2 is 2.12 bits per heavy atom. The zero-order valence-electron chi connectivity index (χ0n) is 15.1. The lowest BCUT2D eigenvalue weighted by molar-refractivity contribution is -0.140. The maximum atomic E-state index is 12.2. The monoisotopic (exact) mass is 367 g/mol. The third-order valence-electron chi connectivity index (χ3n) is 3.08. The quantitative estimate of drug-likeness (QED) is 0.278. The van der Waals surface area contributed by atoms with Gasteiger partial charge < -0.3 is 19.5 Å². The van der Waals surface area contributed by atoms with Crippen molar-refractivity contribution in [1.29, 1.82) is 5.26 Å². The highest BCUT2D eigenvalue weighted by atomic mass is 32.1. The van der Waals surface area contributed by atoms with E-state index in [4.69, 9.17) is 14.2 Å². The second-order valence-electron chi connectivity index (χ2n) is 5.27. The van der Waals surface area contributed by atoms with Gasteiger partial charge in [0.25, 0.3) is 5.19 Å². The Morgan fingerprint density at radius 1 is 1.36 bits per heavy atom. The summed E-state index contributed by atoms with van der Waals surface area (Å²) in [6, 6.07) is 1.95. The minimum Gasteiger partial charge on any atom is -0.470 e. The maximum absolute atomic E-state index is 12.2. The van der Waals surface area contributed by atoms with Crippen molar-refractivity contribution in [3.05, 3.63) is 22.3 Å². The van der Waals surface area contributed by atoms with E-state index in [0.29, 0.717) is 37.3 Å². The smallest absolute Gasteiger partial charge is 0.350 e. The largest absolute Gasteiger partial charge is 0.470 e. The Bertz CT molecular complexity index is 620. The summed E-state index contributed by atoms with van der Waals surface area (Å²) >= 11 is 1.42. The number of hydrogen-bond donors (Lipinski definition) is 1. The first-order valence-electron chi connectivity index (χ1n) is 8.23. The predicted molar refractivity (Wildman–Crippen MR) is 95.1 cm³/mol. The van der Waals surface area contributed by atoms with Crippen LogP contribution in [-0.4, -0.2) is 37.4 Å². The highest BCUT2D eigenvalue weighted by Gasteiger charge is 2.19. The molecule has 0 aliphatic heterocycles. The molecule has 1 N–H and O–H groups in total. The normalized spacial score (nSPS) is 11.7. The molecule has 0 radical (unpaired) electrons. The average Bonchev–Trinajstić information content (AvgIpc) is 3.02. The molecule has 0 saturated heterocycles. The maximum Gasteiger partial charge on any atom is 0.350 e. The number of carbonyl (C=O) groups is 1. The third kappa shape index (κ3) is 7.11. The summed E-state index contributed by atoms with van der Waals surface area (Å²) in [7, 11) is 0. The van der Waals surface area contributed by atoms with Gasteiger partial charge in [0.15, 0.2) is 5.57 Å². The van der Waals surface area contributed by atoms with Crippen LogP contribution in [0.3, 0.4) is 0 Å². The summed E-state index contributed by atoms with van der Waals surface area (Å²) in [4.78, 5) is 17.3. The Hall–Kier alpha value is -2.11. The third-order valence-corrected chi connectivity index (χ3v) is 3.99. The molecule has 0 fully saturated rings. The summed E-state index contributed by atoms with van der Waals surface area (Å²) in [6.07, 6.45) is 1.72. The lowest BCUT2D eigenvalue weighted by atomic mass is 10.0. The summed E-state index contributed by atoms with van der Waals surface area (Å²) in [5.74, 6) is -0.675. The zero-order valence-corrected chi connectivity index (χ0v) is 15.9. The molecule has 8 heteroatoms. The second kappa shape index (κ2) is 11.4. The Morgan fingerprint density at radius 3 is 2.72 bits per heavy atom.